The van der Waals surface area contributed by atoms with Crippen molar-refractivity contribution in [2.24, 2.45) is 29.4 Å². The van der Waals surface area contributed by atoms with Gasteiger partial charge in [-0.25, -0.2) is 0 Å². The first kappa shape index (κ1) is 8.72. The molecular formula is C11H17NO2. The second-order valence-electron chi connectivity index (χ2n) is 5.41. The van der Waals surface area contributed by atoms with Crippen molar-refractivity contribution < 1.29 is 9.90 Å². The Morgan fingerprint density at radius 3 is 2.79 bits per heavy atom. The standard InChI is InChI=1S/C11H17NO2/c12-11(10(13)14)5-6-4-9(11)8-3-1-2-7(6)8/h6-9H,1-5,12H2,(H,13,14). The van der Waals surface area contributed by atoms with E-state index in [1.165, 1.54) is 19.3 Å². The highest BCUT2D eigenvalue weighted by molar-refractivity contribution is 5.80. The molecule has 3 saturated carbocycles. The van der Waals surface area contributed by atoms with Crippen molar-refractivity contribution >= 4 is 5.97 Å². The molecule has 3 nitrogen and oxygen atoms in total. The molecule has 0 aromatic rings. The Hall–Kier alpha value is -0.570. The summed E-state index contributed by atoms with van der Waals surface area (Å²) in [6.45, 7) is 0. The first-order valence-electron chi connectivity index (χ1n) is 5.65. The fraction of sp³-hybridized carbons (Fsp3) is 0.909. The van der Waals surface area contributed by atoms with Crippen LogP contribution in [0.15, 0.2) is 0 Å². The van der Waals surface area contributed by atoms with E-state index in [-0.39, 0.29) is 5.92 Å². The fourth-order valence-corrected chi connectivity index (χ4v) is 4.44. The summed E-state index contributed by atoms with van der Waals surface area (Å²) in [7, 11) is 0. The van der Waals surface area contributed by atoms with Crippen molar-refractivity contribution in [3.8, 4) is 0 Å². The highest BCUT2D eigenvalue weighted by atomic mass is 16.4. The molecule has 0 heterocycles. The molecule has 3 aliphatic carbocycles. The van der Waals surface area contributed by atoms with Crippen molar-refractivity contribution in [2.45, 2.75) is 37.6 Å². The zero-order chi connectivity index (χ0) is 9.92. The fourth-order valence-electron chi connectivity index (χ4n) is 4.44. The average molecular weight is 195 g/mol. The van der Waals surface area contributed by atoms with E-state index in [0.29, 0.717) is 11.8 Å². The number of hydrogen-bond acceptors (Lipinski definition) is 2. The van der Waals surface area contributed by atoms with E-state index in [2.05, 4.69) is 0 Å². The summed E-state index contributed by atoms with van der Waals surface area (Å²) in [4.78, 5) is 11.2. The van der Waals surface area contributed by atoms with Gasteiger partial charge in [-0.05, 0) is 49.4 Å². The van der Waals surface area contributed by atoms with Gasteiger partial charge in [0.1, 0.15) is 5.54 Å². The number of nitrogens with two attached hydrogens (primary N) is 1. The highest BCUT2D eigenvalue weighted by Gasteiger charge is 2.62. The molecule has 0 spiro atoms. The summed E-state index contributed by atoms with van der Waals surface area (Å²) in [6, 6.07) is 0. The monoisotopic (exact) mass is 195 g/mol. The van der Waals surface area contributed by atoms with E-state index in [1.807, 2.05) is 0 Å². The Labute approximate surface area is 83.7 Å². The molecule has 0 amide bonds. The van der Waals surface area contributed by atoms with Gasteiger partial charge >= 0.3 is 5.97 Å². The summed E-state index contributed by atoms with van der Waals surface area (Å²) in [5, 5.41) is 9.19. The maximum atomic E-state index is 11.2. The van der Waals surface area contributed by atoms with E-state index in [9.17, 15) is 9.90 Å². The van der Waals surface area contributed by atoms with Gasteiger partial charge in [-0.15, -0.1) is 0 Å². The van der Waals surface area contributed by atoms with Gasteiger partial charge in [0.15, 0.2) is 0 Å². The van der Waals surface area contributed by atoms with Gasteiger partial charge < -0.3 is 10.8 Å². The number of hydrogen-bond donors (Lipinski definition) is 2. The molecule has 14 heavy (non-hydrogen) atoms. The van der Waals surface area contributed by atoms with Crippen LogP contribution in [0, 0.1) is 23.7 Å². The number of carboxylic acid groups (broad SMARTS) is 1. The van der Waals surface area contributed by atoms with Gasteiger partial charge in [-0.2, -0.15) is 0 Å². The quantitative estimate of drug-likeness (QED) is 0.661. The lowest BCUT2D eigenvalue weighted by Gasteiger charge is -2.36. The second kappa shape index (κ2) is 2.51. The smallest absolute Gasteiger partial charge is 0.323 e. The maximum Gasteiger partial charge on any atom is 0.323 e. The summed E-state index contributed by atoms with van der Waals surface area (Å²) in [5.74, 6) is 1.58. The third-order valence-electron chi connectivity index (χ3n) is 4.96. The lowest BCUT2D eigenvalue weighted by atomic mass is 9.71. The zero-order valence-electron chi connectivity index (χ0n) is 8.28. The lowest BCUT2D eigenvalue weighted by Crippen LogP contribution is -2.55. The van der Waals surface area contributed by atoms with Gasteiger partial charge in [0.05, 0.1) is 0 Å². The molecule has 0 aromatic heterocycles. The van der Waals surface area contributed by atoms with Crippen LogP contribution in [0.25, 0.3) is 0 Å². The predicted octanol–water partition coefficient (Wildman–Crippen LogP) is 1.22. The number of carbonyl (C=O) groups is 1. The van der Waals surface area contributed by atoms with E-state index < -0.39 is 11.5 Å². The molecule has 0 aromatic carbocycles. The van der Waals surface area contributed by atoms with Crippen molar-refractivity contribution in [2.75, 3.05) is 0 Å². The van der Waals surface area contributed by atoms with Gasteiger partial charge in [-0.1, -0.05) is 6.42 Å². The molecule has 78 valence electrons. The molecule has 0 saturated heterocycles. The van der Waals surface area contributed by atoms with Crippen LogP contribution >= 0.6 is 0 Å². The Kier molecular flexibility index (Phi) is 1.56. The van der Waals surface area contributed by atoms with Crippen LogP contribution in [-0.4, -0.2) is 16.6 Å². The maximum absolute atomic E-state index is 11.2. The predicted molar refractivity (Wildman–Crippen MR) is 51.6 cm³/mol. The average Bonchev–Trinajstić information content (AvgIpc) is 2.71. The molecule has 0 radical (unpaired) electrons. The minimum Gasteiger partial charge on any atom is -0.480 e. The Balaban J connectivity index is 1.93. The third-order valence-corrected chi connectivity index (χ3v) is 4.96. The second-order valence-corrected chi connectivity index (χ2v) is 5.41. The lowest BCUT2D eigenvalue weighted by molar-refractivity contribution is -0.146. The molecule has 3 fully saturated rings. The van der Waals surface area contributed by atoms with E-state index in [4.69, 9.17) is 5.73 Å². The van der Waals surface area contributed by atoms with Crippen LogP contribution in [0.1, 0.15) is 32.1 Å². The van der Waals surface area contributed by atoms with Crippen LogP contribution in [0.3, 0.4) is 0 Å². The summed E-state index contributed by atoms with van der Waals surface area (Å²) < 4.78 is 0. The number of aliphatic carboxylic acids is 1. The van der Waals surface area contributed by atoms with E-state index >= 15 is 0 Å². The van der Waals surface area contributed by atoms with Gasteiger partial charge in [0.25, 0.3) is 0 Å². The van der Waals surface area contributed by atoms with Crippen molar-refractivity contribution in [1.29, 1.82) is 0 Å². The highest BCUT2D eigenvalue weighted by Crippen LogP contribution is 2.61. The molecule has 5 atom stereocenters. The van der Waals surface area contributed by atoms with E-state index in [0.717, 1.165) is 18.8 Å². The summed E-state index contributed by atoms with van der Waals surface area (Å²) >= 11 is 0. The molecule has 3 N–H and O–H groups in total. The Morgan fingerprint density at radius 1 is 1.36 bits per heavy atom. The minimum atomic E-state index is -0.879. The molecule has 0 aliphatic heterocycles. The Morgan fingerprint density at radius 2 is 2.07 bits per heavy atom. The van der Waals surface area contributed by atoms with Gasteiger partial charge in [0, 0.05) is 0 Å². The minimum absolute atomic E-state index is 0.275. The Bertz CT molecular complexity index is 291. The van der Waals surface area contributed by atoms with Crippen molar-refractivity contribution in [3.63, 3.8) is 0 Å². The molecule has 5 unspecified atom stereocenters. The summed E-state index contributed by atoms with van der Waals surface area (Å²) in [5.41, 5.74) is 5.16. The van der Waals surface area contributed by atoms with Crippen LogP contribution in [0.2, 0.25) is 0 Å². The first-order chi connectivity index (χ1) is 6.63. The number of carboxylic acids is 1. The van der Waals surface area contributed by atoms with Crippen molar-refractivity contribution in [3.05, 3.63) is 0 Å². The van der Waals surface area contributed by atoms with Crippen molar-refractivity contribution in [1.82, 2.24) is 0 Å². The third kappa shape index (κ3) is 0.842. The largest absolute Gasteiger partial charge is 0.480 e. The first-order valence-corrected chi connectivity index (χ1v) is 5.65. The number of fused-ring (bicyclic) bond motifs is 5. The van der Waals surface area contributed by atoms with Crippen LogP contribution in [0.4, 0.5) is 0 Å². The van der Waals surface area contributed by atoms with E-state index in [1.54, 1.807) is 0 Å². The molecule has 3 rings (SSSR count). The molecule has 2 bridgehead atoms. The van der Waals surface area contributed by atoms with Gasteiger partial charge in [0.2, 0.25) is 0 Å². The normalized spacial score (nSPS) is 54.9. The molecule has 3 aliphatic rings. The summed E-state index contributed by atoms with van der Waals surface area (Å²) in [6.07, 6.45) is 5.64. The molecule has 3 heteroatoms. The van der Waals surface area contributed by atoms with Crippen LogP contribution in [-0.2, 0) is 4.79 Å². The van der Waals surface area contributed by atoms with Gasteiger partial charge in [-0.3, -0.25) is 4.79 Å². The van der Waals surface area contributed by atoms with Crippen LogP contribution < -0.4 is 5.73 Å². The van der Waals surface area contributed by atoms with Crippen LogP contribution in [0.5, 0.6) is 0 Å². The topological polar surface area (TPSA) is 63.3 Å². The SMILES string of the molecule is NC1(C(=O)O)CC2CC1C1CCCC21. The number of rotatable bonds is 1. The molecular weight excluding hydrogens is 178 g/mol. The zero-order valence-corrected chi connectivity index (χ0v) is 8.28.